The highest BCUT2D eigenvalue weighted by Crippen LogP contribution is 2.22. The first-order valence-corrected chi connectivity index (χ1v) is 7.32. The fourth-order valence-corrected chi connectivity index (χ4v) is 2.62. The smallest absolute Gasteiger partial charge is 0.319 e. The standard InChI is InChI=1S/C14H26N2O5/c1-15(9-12(17)10-21-2)14(20)16-7-5-11(6-8-16)3-4-13(18)19/h11-12,17H,3-10H2,1-2H3,(H,18,19). The van der Waals surface area contributed by atoms with Crippen molar-refractivity contribution in [2.75, 3.05) is 40.4 Å². The van der Waals surface area contributed by atoms with Crippen LogP contribution in [-0.2, 0) is 9.53 Å². The predicted molar refractivity (Wildman–Crippen MR) is 77.1 cm³/mol. The third kappa shape index (κ3) is 6.31. The van der Waals surface area contributed by atoms with Gasteiger partial charge in [-0.25, -0.2) is 4.79 Å². The van der Waals surface area contributed by atoms with Crippen LogP contribution < -0.4 is 0 Å². The summed E-state index contributed by atoms with van der Waals surface area (Å²) >= 11 is 0. The molecule has 0 aromatic heterocycles. The first-order valence-electron chi connectivity index (χ1n) is 7.32. The summed E-state index contributed by atoms with van der Waals surface area (Å²) in [4.78, 5) is 26.0. The van der Waals surface area contributed by atoms with Gasteiger partial charge in [0.25, 0.3) is 0 Å². The summed E-state index contributed by atoms with van der Waals surface area (Å²) in [5.41, 5.74) is 0. The van der Waals surface area contributed by atoms with E-state index in [4.69, 9.17) is 9.84 Å². The van der Waals surface area contributed by atoms with Crippen LogP contribution in [0.2, 0.25) is 0 Å². The molecule has 1 fully saturated rings. The van der Waals surface area contributed by atoms with Crippen LogP contribution in [-0.4, -0.2) is 78.5 Å². The Balaban J connectivity index is 2.32. The van der Waals surface area contributed by atoms with Gasteiger partial charge in [0.05, 0.1) is 19.3 Å². The van der Waals surface area contributed by atoms with E-state index in [0.717, 1.165) is 12.8 Å². The highest BCUT2D eigenvalue weighted by atomic mass is 16.5. The number of urea groups is 1. The van der Waals surface area contributed by atoms with Gasteiger partial charge in [-0.05, 0) is 25.2 Å². The average Bonchev–Trinajstić information content (AvgIpc) is 2.45. The zero-order valence-corrected chi connectivity index (χ0v) is 12.8. The minimum absolute atomic E-state index is 0.0955. The molecular formula is C14H26N2O5. The van der Waals surface area contributed by atoms with Gasteiger partial charge >= 0.3 is 12.0 Å². The van der Waals surface area contributed by atoms with Crippen molar-refractivity contribution in [1.29, 1.82) is 0 Å². The fraction of sp³-hybridized carbons (Fsp3) is 0.857. The van der Waals surface area contributed by atoms with Crippen LogP contribution in [0.15, 0.2) is 0 Å². The number of piperidine rings is 1. The van der Waals surface area contributed by atoms with Crippen LogP contribution in [0.5, 0.6) is 0 Å². The van der Waals surface area contributed by atoms with E-state index in [1.165, 1.54) is 12.0 Å². The van der Waals surface area contributed by atoms with Crippen molar-refractivity contribution >= 4 is 12.0 Å². The van der Waals surface area contributed by atoms with Crippen molar-refractivity contribution in [3.63, 3.8) is 0 Å². The number of carboxylic acid groups (broad SMARTS) is 1. The lowest BCUT2D eigenvalue weighted by molar-refractivity contribution is -0.137. The van der Waals surface area contributed by atoms with Gasteiger partial charge in [0.1, 0.15) is 0 Å². The fourth-order valence-electron chi connectivity index (χ4n) is 2.62. The largest absolute Gasteiger partial charge is 0.481 e. The summed E-state index contributed by atoms with van der Waals surface area (Å²) in [6.07, 6.45) is 1.87. The molecule has 7 heteroatoms. The number of nitrogens with zero attached hydrogens (tertiary/aromatic N) is 2. The summed E-state index contributed by atoms with van der Waals surface area (Å²) in [6.45, 7) is 1.74. The van der Waals surface area contributed by atoms with Crippen LogP contribution in [0.3, 0.4) is 0 Å². The number of carbonyl (C=O) groups is 2. The minimum Gasteiger partial charge on any atom is -0.481 e. The van der Waals surface area contributed by atoms with Gasteiger partial charge in [-0.2, -0.15) is 0 Å². The molecule has 1 heterocycles. The number of rotatable bonds is 7. The maximum Gasteiger partial charge on any atom is 0.319 e. The van der Waals surface area contributed by atoms with Gasteiger partial charge < -0.3 is 24.7 Å². The molecule has 0 radical (unpaired) electrons. The van der Waals surface area contributed by atoms with Crippen LogP contribution in [0.4, 0.5) is 4.79 Å². The molecular weight excluding hydrogens is 276 g/mol. The van der Waals surface area contributed by atoms with Gasteiger partial charge in [0.15, 0.2) is 0 Å². The Morgan fingerprint density at radius 3 is 2.52 bits per heavy atom. The monoisotopic (exact) mass is 302 g/mol. The summed E-state index contributed by atoms with van der Waals surface area (Å²) in [5.74, 6) is -0.380. The van der Waals surface area contributed by atoms with E-state index in [-0.39, 0.29) is 25.6 Å². The SMILES string of the molecule is COCC(O)CN(C)C(=O)N1CCC(CCC(=O)O)CC1. The molecule has 1 saturated heterocycles. The van der Waals surface area contributed by atoms with Gasteiger partial charge in [-0.1, -0.05) is 0 Å². The number of aliphatic hydroxyl groups excluding tert-OH is 1. The molecule has 1 atom stereocenters. The number of likely N-dealkylation sites (N-methyl/N-ethyl adjacent to an activating group) is 1. The molecule has 1 aliphatic heterocycles. The van der Waals surface area contributed by atoms with Crippen LogP contribution in [0, 0.1) is 5.92 Å². The molecule has 2 amide bonds. The van der Waals surface area contributed by atoms with Crippen molar-refractivity contribution in [3.8, 4) is 0 Å². The van der Waals surface area contributed by atoms with Crippen molar-refractivity contribution in [3.05, 3.63) is 0 Å². The Kier molecular flexibility index (Phi) is 7.45. The maximum atomic E-state index is 12.2. The topological polar surface area (TPSA) is 90.3 Å². The number of carbonyl (C=O) groups excluding carboxylic acids is 1. The Morgan fingerprint density at radius 2 is 2.00 bits per heavy atom. The number of amides is 2. The van der Waals surface area contributed by atoms with E-state index in [9.17, 15) is 14.7 Å². The minimum atomic E-state index is -0.764. The Labute approximate surface area is 125 Å². The average molecular weight is 302 g/mol. The third-order valence-corrected chi connectivity index (χ3v) is 3.82. The lowest BCUT2D eigenvalue weighted by atomic mass is 9.92. The zero-order valence-electron chi connectivity index (χ0n) is 12.8. The van der Waals surface area contributed by atoms with E-state index >= 15 is 0 Å². The molecule has 21 heavy (non-hydrogen) atoms. The van der Waals surface area contributed by atoms with Crippen molar-refractivity contribution in [2.45, 2.75) is 31.8 Å². The van der Waals surface area contributed by atoms with Gasteiger partial charge in [0.2, 0.25) is 0 Å². The Hall–Kier alpha value is -1.34. The molecule has 0 aliphatic carbocycles. The second kappa shape index (κ2) is 8.84. The second-order valence-electron chi connectivity index (χ2n) is 5.64. The van der Waals surface area contributed by atoms with E-state index in [2.05, 4.69) is 0 Å². The lowest BCUT2D eigenvalue weighted by Gasteiger charge is -2.35. The summed E-state index contributed by atoms with van der Waals surface area (Å²) in [7, 11) is 3.17. The third-order valence-electron chi connectivity index (χ3n) is 3.82. The molecule has 0 spiro atoms. The van der Waals surface area contributed by atoms with E-state index in [1.807, 2.05) is 0 Å². The number of ether oxygens (including phenoxy) is 1. The first kappa shape index (κ1) is 17.7. The Bertz CT molecular complexity index is 342. The normalized spacial score (nSPS) is 17.6. The quantitative estimate of drug-likeness (QED) is 0.719. The number of methoxy groups -OCH3 is 1. The maximum absolute atomic E-state index is 12.2. The number of likely N-dealkylation sites (tertiary alicyclic amines) is 1. The molecule has 1 rings (SSSR count). The lowest BCUT2D eigenvalue weighted by Crippen LogP contribution is -2.47. The molecule has 1 aliphatic rings. The highest BCUT2D eigenvalue weighted by Gasteiger charge is 2.25. The first-order chi connectivity index (χ1) is 9.93. The molecule has 0 saturated carbocycles. The summed E-state index contributed by atoms with van der Waals surface area (Å²) in [5, 5.41) is 18.3. The Morgan fingerprint density at radius 1 is 1.38 bits per heavy atom. The predicted octanol–water partition coefficient (Wildman–Crippen LogP) is 0.622. The van der Waals surface area contributed by atoms with E-state index in [1.54, 1.807) is 11.9 Å². The van der Waals surface area contributed by atoms with Crippen molar-refractivity contribution < 1.29 is 24.5 Å². The van der Waals surface area contributed by atoms with Crippen LogP contribution in [0.1, 0.15) is 25.7 Å². The molecule has 0 bridgehead atoms. The van der Waals surface area contributed by atoms with E-state index in [0.29, 0.717) is 25.4 Å². The van der Waals surface area contributed by atoms with Crippen molar-refractivity contribution in [2.24, 2.45) is 5.92 Å². The molecule has 1 unspecified atom stereocenters. The summed E-state index contributed by atoms with van der Waals surface area (Å²) < 4.78 is 4.84. The van der Waals surface area contributed by atoms with Crippen LogP contribution in [0.25, 0.3) is 0 Å². The van der Waals surface area contributed by atoms with Gasteiger partial charge in [0, 0.05) is 33.7 Å². The van der Waals surface area contributed by atoms with E-state index < -0.39 is 12.1 Å². The highest BCUT2D eigenvalue weighted by molar-refractivity contribution is 5.74. The number of hydrogen-bond donors (Lipinski definition) is 2. The van der Waals surface area contributed by atoms with Gasteiger partial charge in [-0.15, -0.1) is 0 Å². The van der Waals surface area contributed by atoms with Gasteiger partial charge in [-0.3, -0.25) is 4.79 Å². The zero-order chi connectivity index (χ0) is 15.8. The second-order valence-corrected chi connectivity index (χ2v) is 5.64. The van der Waals surface area contributed by atoms with Crippen LogP contribution >= 0.6 is 0 Å². The number of aliphatic carboxylic acids is 1. The number of hydrogen-bond acceptors (Lipinski definition) is 4. The number of aliphatic hydroxyl groups is 1. The molecule has 0 aromatic carbocycles. The molecule has 0 aromatic rings. The van der Waals surface area contributed by atoms with Crippen molar-refractivity contribution in [1.82, 2.24) is 9.80 Å². The molecule has 122 valence electrons. The molecule has 7 nitrogen and oxygen atoms in total. The molecule has 2 N–H and O–H groups in total. The summed E-state index contributed by atoms with van der Waals surface area (Å²) in [6, 6.07) is -0.0955. The number of carboxylic acids is 1.